The minimum Gasteiger partial charge on any atom is -0.475 e. The minimum atomic E-state index is -5.08. The van der Waals surface area contributed by atoms with E-state index in [1.165, 1.54) is 0 Å². The zero-order valence-electron chi connectivity index (χ0n) is 32.2. The van der Waals surface area contributed by atoms with Gasteiger partial charge in [0, 0.05) is 19.6 Å². The van der Waals surface area contributed by atoms with Gasteiger partial charge in [-0.2, -0.15) is 26.3 Å². The average molecular weight is 798 g/mol. The highest BCUT2D eigenvalue weighted by atomic mass is 19.4. The topological polar surface area (TPSA) is 172 Å². The number of fused-ring (bicyclic) bond motifs is 1. The summed E-state index contributed by atoms with van der Waals surface area (Å²) in [5, 5.41) is 22.1. The van der Waals surface area contributed by atoms with E-state index in [-0.39, 0.29) is 5.91 Å². The molecular formula is C37H53F6N3O9. The third kappa shape index (κ3) is 23.6. The summed E-state index contributed by atoms with van der Waals surface area (Å²) < 4.78 is 74.3. The Labute approximate surface area is 316 Å². The highest BCUT2D eigenvalue weighted by molar-refractivity contribution is 5.88. The smallest absolute Gasteiger partial charge is 0.475 e. The Hall–Kier alpha value is -4.77. The molecule has 3 amide bonds. The zero-order chi connectivity index (χ0) is 42.6. The summed E-state index contributed by atoms with van der Waals surface area (Å²) in [7, 11) is 0. The summed E-state index contributed by atoms with van der Waals surface area (Å²) in [6.45, 7) is 14.5. The number of benzene rings is 2. The number of aliphatic carboxylic acids is 2. The Morgan fingerprint density at radius 3 is 1.73 bits per heavy atom. The van der Waals surface area contributed by atoms with E-state index in [4.69, 9.17) is 29.3 Å². The van der Waals surface area contributed by atoms with Gasteiger partial charge in [-0.05, 0) is 83.6 Å². The molecule has 0 spiro atoms. The van der Waals surface area contributed by atoms with Crippen LogP contribution >= 0.6 is 0 Å². The van der Waals surface area contributed by atoms with Crippen molar-refractivity contribution in [1.82, 2.24) is 15.5 Å². The van der Waals surface area contributed by atoms with Crippen molar-refractivity contribution in [3.63, 3.8) is 0 Å². The lowest BCUT2D eigenvalue weighted by Gasteiger charge is -2.29. The van der Waals surface area contributed by atoms with E-state index in [1.807, 2.05) is 43.9 Å². The molecule has 0 aliphatic rings. The van der Waals surface area contributed by atoms with Crippen LogP contribution in [0.25, 0.3) is 10.8 Å². The second-order valence-corrected chi connectivity index (χ2v) is 14.2. The van der Waals surface area contributed by atoms with Gasteiger partial charge in [-0.25, -0.2) is 19.2 Å². The second-order valence-electron chi connectivity index (χ2n) is 14.2. The van der Waals surface area contributed by atoms with Crippen molar-refractivity contribution in [1.29, 1.82) is 0 Å². The highest BCUT2D eigenvalue weighted by Crippen LogP contribution is 2.22. The molecule has 4 N–H and O–H groups in total. The van der Waals surface area contributed by atoms with Crippen molar-refractivity contribution in [2.45, 2.75) is 130 Å². The fourth-order valence-electron chi connectivity index (χ4n) is 4.54. The van der Waals surface area contributed by atoms with Crippen molar-refractivity contribution in [2.75, 3.05) is 13.1 Å². The van der Waals surface area contributed by atoms with Gasteiger partial charge in [0.25, 0.3) is 0 Å². The Bertz CT molecular complexity index is 1490. The summed E-state index contributed by atoms with van der Waals surface area (Å²) in [5.74, 6) is -5.64. The number of alkyl carbamates (subject to hydrolysis) is 2. The van der Waals surface area contributed by atoms with Crippen LogP contribution < -0.4 is 10.6 Å². The Balaban J connectivity index is 0.00000175. The van der Waals surface area contributed by atoms with Gasteiger partial charge in [0.05, 0.1) is 0 Å². The van der Waals surface area contributed by atoms with E-state index < -0.39 is 53.7 Å². The number of hydrogen-bond acceptors (Lipinski definition) is 7. The van der Waals surface area contributed by atoms with Crippen LogP contribution in [0.15, 0.2) is 42.5 Å². The van der Waals surface area contributed by atoms with Crippen LogP contribution in [0.5, 0.6) is 0 Å². The fourth-order valence-corrected chi connectivity index (χ4v) is 4.54. The summed E-state index contributed by atoms with van der Waals surface area (Å²) in [6.07, 6.45) is -5.41. The monoisotopic (exact) mass is 797 g/mol. The van der Waals surface area contributed by atoms with Crippen molar-refractivity contribution in [2.24, 2.45) is 0 Å². The maximum Gasteiger partial charge on any atom is 0.490 e. The standard InChI is InChI=1S/C33H51N3O5.2C2HF3O2/c1-8-9-10-15-23-36(24-26-19-16-18-25-17-11-12-20-27(25)26)29(37)28(35-31(39)41-33(5,6)7)21-13-14-22-34-30(38)40-32(2,3)4;2*3-2(4,5)1(6)7/h11-12,16-20,28H,8-10,13-15,21-24H2,1-7H3,(H,34,38)(H,35,39);2*(H,6,7). The van der Waals surface area contributed by atoms with Gasteiger partial charge in [0.2, 0.25) is 5.91 Å². The maximum atomic E-state index is 14.0. The van der Waals surface area contributed by atoms with Crippen molar-refractivity contribution in [3.05, 3.63) is 48.0 Å². The van der Waals surface area contributed by atoms with Crippen molar-refractivity contribution >= 4 is 40.8 Å². The Kier molecular flexibility index (Phi) is 21.2. The predicted molar refractivity (Wildman–Crippen MR) is 192 cm³/mol. The molecule has 0 aliphatic heterocycles. The first-order valence-corrected chi connectivity index (χ1v) is 17.5. The van der Waals surface area contributed by atoms with Crippen LogP contribution in [0.4, 0.5) is 35.9 Å². The molecule has 1 unspecified atom stereocenters. The molecule has 2 aromatic carbocycles. The van der Waals surface area contributed by atoms with Crippen molar-refractivity contribution in [3.8, 4) is 0 Å². The number of unbranched alkanes of at least 4 members (excludes halogenated alkanes) is 4. The minimum absolute atomic E-state index is 0.125. The molecular weight excluding hydrogens is 744 g/mol. The third-order valence-corrected chi connectivity index (χ3v) is 6.90. The SMILES string of the molecule is CCCCCCN(Cc1cccc2ccccc12)C(=O)C(CCCCNC(=O)OC(C)(C)C)NC(=O)OC(C)(C)C.O=C(O)C(F)(F)F.O=C(O)C(F)(F)F. The van der Waals surface area contributed by atoms with Gasteiger partial charge in [-0.3, -0.25) is 4.79 Å². The van der Waals surface area contributed by atoms with E-state index in [1.54, 1.807) is 20.8 Å². The molecule has 312 valence electrons. The first kappa shape index (κ1) is 50.2. The average Bonchev–Trinajstić information content (AvgIpc) is 3.03. The lowest BCUT2D eigenvalue weighted by molar-refractivity contribution is -0.193. The molecule has 12 nitrogen and oxygen atoms in total. The third-order valence-electron chi connectivity index (χ3n) is 6.90. The molecule has 0 saturated heterocycles. The molecule has 0 fully saturated rings. The number of amides is 3. The molecule has 1 atom stereocenters. The summed E-state index contributed by atoms with van der Waals surface area (Å²) in [4.78, 5) is 58.4. The van der Waals surface area contributed by atoms with Gasteiger partial charge < -0.3 is 35.2 Å². The zero-order valence-corrected chi connectivity index (χ0v) is 32.2. The van der Waals surface area contributed by atoms with Gasteiger partial charge in [-0.1, -0.05) is 68.7 Å². The normalized spacial score (nSPS) is 12.2. The van der Waals surface area contributed by atoms with E-state index in [9.17, 15) is 40.7 Å². The molecule has 0 aliphatic carbocycles. The largest absolute Gasteiger partial charge is 0.490 e. The molecule has 0 bridgehead atoms. The number of nitrogens with zero attached hydrogens (tertiary/aromatic N) is 1. The van der Waals surface area contributed by atoms with Crippen LogP contribution in [-0.4, -0.2) is 87.8 Å². The lowest BCUT2D eigenvalue weighted by atomic mass is 10.0. The quantitative estimate of drug-likeness (QED) is 0.108. The van der Waals surface area contributed by atoms with E-state index in [0.717, 1.165) is 42.0 Å². The number of carbonyl (C=O) groups excluding carboxylic acids is 3. The van der Waals surface area contributed by atoms with E-state index in [2.05, 4.69) is 41.8 Å². The first-order chi connectivity index (χ1) is 25.2. The van der Waals surface area contributed by atoms with Gasteiger partial charge >= 0.3 is 36.5 Å². The number of carbonyl (C=O) groups is 5. The number of carboxylic acids is 2. The van der Waals surface area contributed by atoms with Gasteiger partial charge in [-0.15, -0.1) is 0 Å². The maximum absolute atomic E-state index is 14.0. The Morgan fingerprint density at radius 2 is 1.22 bits per heavy atom. The highest BCUT2D eigenvalue weighted by Gasteiger charge is 2.39. The van der Waals surface area contributed by atoms with Gasteiger partial charge in [0.1, 0.15) is 17.2 Å². The van der Waals surface area contributed by atoms with Crippen LogP contribution in [-0.2, 0) is 30.4 Å². The molecule has 0 saturated carbocycles. The molecule has 2 aromatic rings. The fraction of sp³-hybridized carbons (Fsp3) is 0.595. The molecule has 18 heteroatoms. The molecule has 0 radical (unpaired) electrons. The van der Waals surface area contributed by atoms with Gasteiger partial charge in [0.15, 0.2) is 0 Å². The predicted octanol–water partition coefficient (Wildman–Crippen LogP) is 8.60. The molecule has 2 rings (SSSR count). The summed E-state index contributed by atoms with van der Waals surface area (Å²) in [6, 6.07) is 13.6. The summed E-state index contributed by atoms with van der Waals surface area (Å²) in [5.41, 5.74) is -0.175. The first-order valence-electron chi connectivity index (χ1n) is 17.5. The number of carboxylic acid groups (broad SMARTS) is 2. The van der Waals surface area contributed by atoms with E-state index in [0.29, 0.717) is 38.9 Å². The number of nitrogens with one attached hydrogen (secondary N) is 2. The van der Waals surface area contributed by atoms with E-state index >= 15 is 0 Å². The molecule has 0 heterocycles. The number of rotatable bonds is 14. The number of hydrogen-bond donors (Lipinski definition) is 4. The number of alkyl halides is 6. The van der Waals surface area contributed by atoms with Crippen molar-refractivity contribution < 1.29 is 70.0 Å². The van der Waals surface area contributed by atoms with Crippen LogP contribution in [0.3, 0.4) is 0 Å². The van der Waals surface area contributed by atoms with Crippen LogP contribution in [0.2, 0.25) is 0 Å². The molecule has 0 aromatic heterocycles. The molecule has 55 heavy (non-hydrogen) atoms. The van der Waals surface area contributed by atoms with Crippen LogP contribution in [0.1, 0.15) is 99.0 Å². The second kappa shape index (κ2) is 23.2. The Morgan fingerprint density at radius 1 is 0.709 bits per heavy atom. The summed E-state index contributed by atoms with van der Waals surface area (Å²) >= 11 is 0. The van der Waals surface area contributed by atoms with Crippen LogP contribution in [0, 0.1) is 0 Å². The number of halogens is 6. The lowest BCUT2D eigenvalue weighted by Crippen LogP contribution is -2.49. The number of ether oxygens (including phenoxy) is 2.